The summed E-state index contributed by atoms with van der Waals surface area (Å²) in [6.07, 6.45) is 0. The summed E-state index contributed by atoms with van der Waals surface area (Å²) in [7, 11) is 0. The maximum absolute atomic E-state index is 9.60. The molecule has 0 aromatic heterocycles. The molecule has 0 saturated carbocycles. The SMILES string of the molecule is [2H]c1cc2c([2H])c([2H])c3c([2H])c([2H])c(-c4cc(-c5ccc(-c6c([2H])c([2H])c7c([2H])c([2H])c8c([2H])c([2H])c([2H])c9c([2H])c([2H])c6c7c89)c(-c6ccccc6)c5)cc5ccccc45)c4c([2H])c([2H])c(c1[2H])c2c34. The van der Waals surface area contributed by atoms with Crippen molar-refractivity contribution in [1.82, 2.24) is 0 Å². The first-order valence-electron chi connectivity index (χ1n) is 26.0. The fourth-order valence-corrected chi connectivity index (χ4v) is 8.07. The molecule has 0 radical (unpaired) electrons. The van der Waals surface area contributed by atoms with Crippen LogP contribution in [0, 0.1) is 0 Å². The van der Waals surface area contributed by atoms with Gasteiger partial charge in [0.1, 0.15) is 0 Å². The zero-order valence-corrected chi connectivity index (χ0v) is 28.2. The molecule has 248 valence electrons. The molecule has 0 unspecified atom stereocenters. The topological polar surface area (TPSA) is 0 Å². The third-order valence-corrected chi connectivity index (χ3v) is 10.5. The van der Waals surface area contributed by atoms with Crippen molar-refractivity contribution in [3.05, 3.63) is 194 Å². The second kappa shape index (κ2) is 11.2. The maximum Gasteiger partial charge on any atom is 0.0630 e. The summed E-state index contributed by atoms with van der Waals surface area (Å²) in [6, 6.07) is 20.2. The lowest BCUT2D eigenvalue weighted by molar-refractivity contribution is 1.58. The van der Waals surface area contributed by atoms with Gasteiger partial charge in [-0.2, -0.15) is 0 Å². The van der Waals surface area contributed by atoms with Crippen LogP contribution in [0.4, 0.5) is 0 Å². The average molecular weight is 698 g/mol. The smallest absolute Gasteiger partial charge is 0.0622 e. The van der Waals surface area contributed by atoms with Gasteiger partial charge in [0.05, 0.1) is 23.3 Å². The Morgan fingerprint density at radius 1 is 0.259 bits per heavy atom. The highest BCUT2D eigenvalue weighted by Crippen LogP contribution is 2.45. The fourth-order valence-electron chi connectivity index (χ4n) is 8.07. The molecule has 0 nitrogen and oxygen atoms in total. The van der Waals surface area contributed by atoms with Crippen LogP contribution in [0.1, 0.15) is 23.3 Å². The van der Waals surface area contributed by atoms with Crippen molar-refractivity contribution in [3.8, 4) is 44.5 Å². The predicted octanol–water partition coefficient (Wildman–Crippen LogP) is 15.3. The van der Waals surface area contributed by atoms with Gasteiger partial charge in [0.25, 0.3) is 0 Å². The monoisotopic (exact) mass is 697 g/mol. The second-order valence-electron chi connectivity index (χ2n) is 13.4. The summed E-state index contributed by atoms with van der Waals surface area (Å²) in [6.45, 7) is 0. The minimum absolute atomic E-state index is 0.0273. The molecule has 0 heteroatoms. The van der Waals surface area contributed by atoms with Gasteiger partial charge in [0.2, 0.25) is 0 Å². The Morgan fingerprint density at radius 2 is 0.815 bits per heavy atom. The number of hydrogen-bond donors (Lipinski definition) is 0. The van der Waals surface area contributed by atoms with Crippen molar-refractivity contribution >= 4 is 75.4 Å². The summed E-state index contributed by atoms with van der Waals surface area (Å²) in [4.78, 5) is 0. The number of benzene rings is 12. The van der Waals surface area contributed by atoms with Crippen molar-refractivity contribution < 1.29 is 23.3 Å². The van der Waals surface area contributed by atoms with Crippen molar-refractivity contribution in [2.45, 2.75) is 0 Å². The highest BCUT2D eigenvalue weighted by Gasteiger charge is 2.18. The molecule has 0 amide bonds. The fraction of sp³-hybridized carbons (Fsp3) is 0. The summed E-state index contributed by atoms with van der Waals surface area (Å²) in [5.41, 5.74) is 3.46. The highest BCUT2D eigenvalue weighted by atomic mass is 14.2. The number of hydrogen-bond acceptors (Lipinski definition) is 0. The van der Waals surface area contributed by atoms with Gasteiger partial charge in [-0.15, -0.1) is 0 Å². The molecular formula is C54H32. The van der Waals surface area contributed by atoms with Crippen LogP contribution in [0.15, 0.2) is 194 Å². The van der Waals surface area contributed by atoms with Gasteiger partial charge in [-0.3, -0.25) is 0 Å². The van der Waals surface area contributed by atoms with Crippen LogP contribution in [0.5, 0.6) is 0 Å². The quantitative estimate of drug-likeness (QED) is 0.161. The molecule has 12 aromatic rings. The third kappa shape index (κ3) is 4.26. The van der Waals surface area contributed by atoms with Gasteiger partial charge in [-0.05, 0) is 138 Å². The van der Waals surface area contributed by atoms with Gasteiger partial charge in [0.15, 0.2) is 0 Å². The first-order chi connectivity index (χ1) is 33.9. The van der Waals surface area contributed by atoms with Gasteiger partial charge >= 0.3 is 0 Å². The van der Waals surface area contributed by atoms with E-state index < -0.39 is 48.3 Å². The normalized spacial score (nSPS) is 16.5. The zero-order valence-electron chi connectivity index (χ0n) is 45.2. The Kier molecular flexibility index (Phi) is 3.68. The van der Waals surface area contributed by atoms with Crippen LogP contribution in [0.2, 0.25) is 0 Å². The molecular weight excluding hydrogens is 649 g/mol. The van der Waals surface area contributed by atoms with E-state index >= 15 is 0 Å². The Morgan fingerprint density at radius 3 is 1.56 bits per heavy atom. The van der Waals surface area contributed by atoms with E-state index in [0.29, 0.717) is 44.2 Å². The Labute approximate surface area is 336 Å². The molecule has 0 bridgehead atoms. The molecule has 54 heavy (non-hydrogen) atoms. The molecule has 0 heterocycles. The summed E-state index contributed by atoms with van der Waals surface area (Å²) in [5, 5.41) is 1.62. The van der Waals surface area contributed by atoms with E-state index in [1.807, 2.05) is 72.8 Å². The van der Waals surface area contributed by atoms with E-state index in [1.165, 1.54) is 6.07 Å². The predicted molar refractivity (Wildman–Crippen MR) is 233 cm³/mol. The van der Waals surface area contributed by atoms with E-state index in [-0.39, 0.29) is 130 Å². The first kappa shape index (κ1) is 17.7. The summed E-state index contributed by atoms with van der Waals surface area (Å²) in [5.74, 6) is 0. The molecule has 0 aliphatic rings. The molecule has 0 spiro atoms. The maximum atomic E-state index is 9.60. The molecule has 0 atom stereocenters. The Balaban J connectivity index is 1.18. The van der Waals surface area contributed by atoms with E-state index in [4.69, 9.17) is 12.3 Å². The van der Waals surface area contributed by atoms with E-state index in [9.17, 15) is 11.0 Å². The molecule has 12 rings (SSSR count). The van der Waals surface area contributed by atoms with Crippen LogP contribution in [0.3, 0.4) is 0 Å². The number of rotatable bonds is 4. The summed E-state index contributed by atoms with van der Waals surface area (Å²) < 4.78 is 155. The molecule has 0 fully saturated rings. The summed E-state index contributed by atoms with van der Waals surface area (Å²) >= 11 is 0. The third-order valence-electron chi connectivity index (χ3n) is 10.5. The zero-order chi connectivity index (χ0) is 50.1. The van der Waals surface area contributed by atoms with Crippen LogP contribution >= 0.6 is 0 Å². The van der Waals surface area contributed by atoms with Gasteiger partial charge in [-0.25, -0.2) is 0 Å². The van der Waals surface area contributed by atoms with Crippen molar-refractivity contribution in [3.63, 3.8) is 0 Å². The van der Waals surface area contributed by atoms with Crippen molar-refractivity contribution in [2.24, 2.45) is 0 Å². The molecule has 12 aromatic carbocycles. The van der Waals surface area contributed by atoms with Crippen LogP contribution in [0.25, 0.3) is 120 Å². The van der Waals surface area contributed by atoms with E-state index in [1.54, 1.807) is 12.1 Å². The Hall–Kier alpha value is -7.02. The van der Waals surface area contributed by atoms with Crippen LogP contribution in [-0.4, -0.2) is 0 Å². The average Bonchev–Trinajstić information content (AvgIpc) is 3.36. The lowest BCUT2D eigenvalue weighted by Crippen LogP contribution is -1.92. The van der Waals surface area contributed by atoms with Gasteiger partial charge in [-0.1, -0.05) is 176 Å². The van der Waals surface area contributed by atoms with E-state index in [2.05, 4.69) is 0 Å². The first-order valence-corrected chi connectivity index (χ1v) is 17.5. The standard InChI is InChI=1S/C54H32/c1-2-8-33(9-3-1)49-31-40(24-27-45(49)44-25-20-38-18-16-34-11-6-13-36-22-28-47(44)53(38)51(34)36)42-30-41-10-4-5-15-43(41)50(32-42)46-26-21-39-19-17-35-12-7-14-37-23-29-48(46)54(39)52(35)37/h1-32H/i6D,7D,11D,13D,14D,16D,17D,18D,19D,20D,21D,22D,23D,25D,26D,28D,29D. The minimum Gasteiger partial charge on any atom is -0.0622 e. The molecule has 0 N–H and O–H groups in total. The van der Waals surface area contributed by atoms with Gasteiger partial charge < -0.3 is 0 Å². The number of fused-ring (bicyclic) bond motifs is 1. The highest BCUT2D eigenvalue weighted by molar-refractivity contribution is 6.27. The largest absolute Gasteiger partial charge is 0.0630 e. The van der Waals surface area contributed by atoms with Crippen molar-refractivity contribution in [2.75, 3.05) is 0 Å². The van der Waals surface area contributed by atoms with Crippen molar-refractivity contribution in [1.29, 1.82) is 0 Å². The van der Waals surface area contributed by atoms with E-state index in [0.717, 1.165) is 0 Å². The van der Waals surface area contributed by atoms with Crippen LogP contribution < -0.4 is 0 Å². The lowest BCUT2D eigenvalue weighted by atomic mass is 9.85. The molecule has 0 aliphatic carbocycles. The minimum atomic E-state index is -0.557. The van der Waals surface area contributed by atoms with Gasteiger partial charge in [0, 0.05) is 0 Å². The lowest BCUT2D eigenvalue weighted by Gasteiger charge is -2.19. The molecule has 0 aliphatic heterocycles. The Bertz CT molecular complexity index is 4390. The van der Waals surface area contributed by atoms with Crippen LogP contribution in [-0.2, 0) is 0 Å². The molecule has 0 saturated heterocycles. The second-order valence-corrected chi connectivity index (χ2v) is 13.4.